The first-order valence-electron chi connectivity index (χ1n) is 8.49. The van der Waals surface area contributed by atoms with Crippen molar-refractivity contribution in [1.82, 2.24) is 15.2 Å². The molecule has 25 heavy (non-hydrogen) atoms. The van der Waals surface area contributed by atoms with Crippen molar-refractivity contribution in [3.05, 3.63) is 35.2 Å². The molecule has 7 nitrogen and oxygen atoms in total. The maximum atomic E-state index is 11.9. The van der Waals surface area contributed by atoms with E-state index in [1.807, 2.05) is 5.38 Å². The molecule has 0 saturated carbocycles. The van der Waals surface area contributed by atoms with Crippen LogP contribution in [0.25, 0.3) is 0 Å². The summed E-state index contributed by atoms with van der Waals surface area (Å²) in [5.41, 5.74) is 0.974. The molecule has 8 heteroatoms. The van der Waals surface area contributed by atoms with Crippen LogP contribution in [0.15, 0.2) is 28.2 Å². The number of aromatic nitrogens is 1. The van der Waals surface area contributed by atoms with Crippen molar-refractivity contribution in [3.8, 4) is 0 Å². The number of hydrogen-bond donors (Lipinski definition) is 2. The molecular formula is C17H22N4O3S. The highest BCUT2D eigenvalue weighted by Crippen LogP contribution is 2.18. The number of thiazole rings is 1. The lowest BCUT2D eigenvalue weighted by molar-refractivity contribution is -0.115. The molecular weight excluding hydrogens is 340 g/mol. The molecule has 0 spiro atoms. The lowest BCUT2D eigenvalue weighted by atomic mass is 10.2. The van der Waals surface area contributed by atoms with Gasteiger partial charge in [-0.3, -0.25) is 14.5 Å². The molecule has 3 rings (SSSR count). The quantitative estimate of drug-likeness (QED) is 0.824. The monoisotopic (exact) mass is 362 g/mol. The molecule has 0 atom stereocenters. The highest BCUT2D eigenvalue weighted by Gasteiger charge is 2.14. The van der Waals surface area contributed by atoms with Crippen LogP contribution >= 0.6 is 11.3 Å². The first-order chi connectivity index (χ1) is 12.2. The van der Waals surface area contributed by atoms with Gasteiger partial charge in [-0.1, -0.05) is 12.8 Å². The van der Waals surface area contributed by atoms with Crippen LogP contribution in [0.5, 0.6) is 0 Å². The fraction of sp³-hybridized carbons (Fsp3) is 0.471. The molecule has 1 saturated heterocycles. The Morgan fingerprint density at radius 1 is 1.24 bits per heavy atom. The first-order valence-corrected chi connectivity index (χ1v) is 9.37. The number of likely N-dealkylation sites (tertiary alicyclic amines) is 1. The van der Waals surface area contributed by atoms with E-state index in [0.717, 1.165) is 25.3 Å². The Hall–Kier alpha value is -2.19. The first kappa shape index (κ1) is 17.6. The number of anilines is 1. The van der Waals surface area contributed by atoms with Gasteiger partial charge >= 0.3 is 0 Å². The molecule has 0 radical (unpaired) electrons. The van der Waals surface area contributed by atoms with E-state index in [4.69, 9.17) is 4.42 Å². The van der Waals surface area contributed by atoms with Crippen LogP contribution in [0.1, 0.15) is 41.9 Å². The summed E-state index contributed by atoms with van der Waals surface area (Å²) in [6, 6.07) is 3.17. The van der Waals surface area contributed by atoms with E-state index < -0.39 is 5.91 Å². The van der Waals surface area contributed by atoms with Gasteiger partial charge in [0.05, 0.1) is 18.5 Å². The van der Waals surface area contributed by atoms with Crippen LogP contribution in [-0.2, 0) is 11.3 Å². The SMILES string of the molecule is O=C(CNC(=O)c1ccco1)Nc1nc(CN2CCCCCC2)cs1. The maximum Gasteiger partial charge on any atom is 0.287 e. The Labute approximate surface area is 150 Å². The Kier molecular flexibility index (Phi) is 6.19. The predicted molar refractivity (Wildman–Crippen MR) is 95.5 cm³/mol. The lowest BCUT2D eigenvalue weighted by Crippen LogP contribution is -2.32. The third-order valence-corrected chi connectivity index (χ3v) is 4.84. The summed E-state index contributed by atoms with van der Waals surface area (Å²) in [6.07, 6.45) is 6.50. The highest BCUT2D eigenvalue weighted by atomic mass is 32.1. The van der Waals surface area contributed by atoms with Gasteiger partial charge in [-0.05, 0) is 38.1 Å². The van der Waals surface area contributed by atoms with Crippen molar-refractivity contribution in [1.29, 1.82) is 0 Å². The van der Waals surface area contributed by atoms with E-state index in [1.165, 1.54) is 43.3 Å². The number of amides is 2. The number of rotatable bonds is 6. The average molecular weight is 362 g/mol. The summed E-state index contributed by atoms with van der Waals surface area (Å²) in [6.45, 7) is 2.91. The molecule has 134 valence electrons. The minimum absolute atomic E-state index is 0.124. The molecule has 0 bridgehead atoms. The zero-order valence-corrected chi connectivity index (χ0v) is 14.8. The lowest BCUT2D eigenvalue weighted by Gasteiger charge is -2.17. The number of nitrogens with zero attached hydrogens (tertiary/aromatic N) is 2. The minimum Gasteiger partial charge on any atom is -0.459 e. The van der Waals surface area contributed by atoms with Gasteiger partial charge in [-0.15, -0.1) is 11.3 Å². The second-order valence-electron chi connectivity index (χ2n) is 6.04. The highest BCUT2D eigenvalue weighted by molar-refractivity contribution is 7.13. The van der Waals surface area contributed by atoms with Crippen LogP contribution in [0.2, 0.25) is 0 Å². The summed E-state index contributed by atoms with van der Waals surface area (Å²) < 4.78 is 4.97. The normalized spacial score (nSPS) is 15.5. The van der Waals surface area contributed by atoms with Crippen LogP contribution in [0.4, 0.5) is 5.13 Å². The second-order valence-corrected chi connectivity index (χ2v) is 6.90. The van der Waals surface area contributed by atoms with E-state index >= 15 is 0 Å². The van der Waals surface area contributed by atoms with E-state index in [-0.39, 0.29) is 18.2 Å². The van der Waals surface area contributed by atoms with Crippen molar-refractivity contribution in [2.45, 2.75) is 32.2 Å². The zero-order chi connectivity index (χ0) is 17.5. The van der Waals surface area contributed by atoms with Crippen LogP contribution in [0, 0.1) is 0 Å². The molecule has 1 fully saturated rings. The van der Waals surface area contributed by atoms with Crippen molar-refractivity contribution in [2.75, 3.05) is 25.0 Å². The van der Waals surface area contributed by atoms with Gasteiger partial charge in [0.2, 0.25) is 5.91 Å². The van der Waals surface area contributed by atoms with Gasteiger partial charge in [-0.2, -0.15) is 0 Å². The van der Waals surface area contributed by atoms with E-state index in [1.54, 1.807) is 12.1 Å². The van der Waals surface area contributed by atoms with Crippen LogP contribution in [-0.4, -0.2) is 41.3 Å². The Morgan fingerprint density at radius 3 is 2.76 bits per heavy atom. The molecule has 3 heterocycles. The number of carbonyl (C=O) groups is 2. The van der Waals surface area contributed by atoms with Gasteiger partial charge < -0.3 is 15.1 Å². The fourth-order valence-corrected chi connectivity index (χ4v) is 3.50. The molecule has 2 N–H and O–H groups in total. The maximum absolute atomic E-state index is 11.9. The van der Waals surface area contributed by atoms with Gasteiger partial charge in [0.1, 0.15) is 0 Å². The molecule has 2 aromatic rings. The number of nitrogens with one attached hydrogen (secondary N) is 2. The third kappa shape index (κ3) is 5.40. The largest absolute Gasteiger partial charge is 0.459 e. The molecule has 0 aliphatic carbocycles. The molecule has 2 amide bonds. The summed E-state index contributed by atoms with van der Waals surface area (Å²) in [7, 11) is 0. The summed E-state index contributed by atoms with van der Waals surface area (Å²) in [4.78, 5) is 30.5. The molecule has 0 aromatic carbocycles. The molecule has 1 aliphatic rings. The van der Waals surface area contributed by atoms with Crippen molar-refractivity contribution in [2.24, 2.45) is 0 Å². The van der Waals surface area contributed by atoms with Gasteiger partial charge in [-0.25, -0.2) is 4.98 Å². The fourth-order valence-electron chi connectivity index (χ4n) is 2.78. The van der Waals surface area contributed by atoms with Gasteiger partial charge in [0.15, 0.2) is 10.9 Å². The summed E-state index contributed by atoms with van der Waals surface area (Å²) >= 11 is 1.40. The minimum atomic E-state index is -0.416. The average Bonchev–Trinajstić information content (AvgIpc) is 3.21. The number of carbonyl (C=O) groups excluding carboxylic acids is 2. The van der Waals surface area contributed by atoms with Crippen molar-refractivity contribution in [3.63, 3.8) is 0 Å². The topological polar surface area (TPSA) is 87.5 Å². The Balaban J connectivity index is 1.44. The third-order valence-electron chi connectivity index (χ3n) is 4.04. The molecule has 0 unspecified atom stereocenters. The zero-order valence-electron chi connectivity index (χ0n) is 14.0. The van der Waals surface area contributed by atoms with E-state index in [9.17, 15) is 9.59 Å². The van der Waals surface area contributed by atoms with E-state index in [0.29, 0.717) is 5.13 Å². The van der Waals surface area contributed by atoms with Crippen LogP contribution in [0.3, 0.4) is 0 Å². The Morgan fingerprint density at radius 2 is 2.04 bits per heavy atom. The smallest absolute Gasteiger partial charge is 0.287 e. The predicted octanol–water partition coefficient (Wildman–Crippen LogP) is 2.48. The standard InChI is InChI=1S/C17H22N4O3S/c22-15(10-18-16(23)14-6-5-9-24-14)20-17-19-13(12-25-17)11-21-7-3-1-2-4-8-21/h5-6,9,12H,1-4,7-8,10-11H2,(H,18,23)(H,19,20,22). The van der Waals surface area contributed by atoms with Crippen LogP contribution < -0.4 is 10.6 Å². The molecule has 1 aliphatic heterocycles. The van der Waals surface area contributed by atoms with E-state index in [2.05, 4.69) is 20.5 Å². The van der Waals surface area contributed by atoms with Crippen molar-refractivity contribution >= 4 is 28.3 Å². The number of hydrogen-bond acceptors (Lipinski definition) is 6. The van der Waals surface area contributed by atoms with Crippen molar-refractivity contribution < 1.29 is 14.0 Å². The summed E-state index contributed by atoms with van der Waals surface area (Å²) in [5.74, 6) is -0.543. The van der Waals surface area contributed by atoms with Gasteiger partial charge in [0.25, 0.3) is 5.91 Å². The second kappa shape index (κ2) is 8.77. The summed E-state index contributed by atoms with van der Waals surface area (Å²) in [5, 5.41) is 7.76. The number of furan rings is 1. The van der Waals surface area contributed by atoms with Gasteiger partial charge in [0, 0.05) is 11.9 Å². The molecule has 2 aromatic heterocycles. The Bertz CT molecular complexity index is 691.